The number of benzene rings is 1. The molecule has 1 heterocycles. The molecule has 0 bridgehead atoms. The molecule has 21 heavy (non-hydrogen) atoms. The molecule has 0 aliphatic carbocycles. The third kappa shape index (κ3) is 2.88. The number of imidazole rings is 1. The average Bonchev–Trinajstić information content (AvgIpc) is 2.86. The van der Waals surface area contributed by atoms with Crippen LogP contribution in [-0.4, -0.2) is 21.0 Å². The average molecular weight is 301 g/mol. The van der Waals surface area contributed by atoms with Crippen molar-refractivity contribution in [2.75, 3.05) is 6.26 Å². The van der Waals surface area contributed by atoms with E-state index >= 15 is 0 Å². The summed E-state index contributed by atoms with van der Waals surface area (Å²) in [4.78, 5) is 9.12. The number of aryl methyl sites for hydroxylation is 1. The number of aromatic nitrogens is 2. The minimum atomic E-state index is 0.339. The summed E-state index contributed by atoms with van der Waals surface area (Å²) in [5, 5.41) is 12.0. The summed E-state index contributed by atoms with van der Waals surface area (Å²) < 4.78 is 2.14. The maximum absolute atomic E-state index is 8.78. The van der Waals surface area contributed by atoms with Crippen LogP contribution < -0.4 is 5.32 Å². The fraction of sp³-hybridized carbons (Fsp3) is 0.400. The Balaban J connectivity index is 2.73. The van der Waals surface area contributed by atoms with Crippen LogP contribution >= 0.6 is 11.8 Å². The van der Waals surface area contributed by atoms with E-state index in [4.69, 9.17) is 5.26 Å². The van der Waals surface area contributed by atoms with Crippen LogP contribution in [0.3, 0.4) is 0 Å². The van der Waals surface area contributed by atoms with Gasteiger partial charge in [0.05, 0.1) is 17.5 Å². The molecule has 2 aromatic rings. The van der Waals surface area contributed by atoms with E-state index in [0.717, 1.165) is 22.3 Å². The van der Waals surface area contributed by atoms with E-state index in [1.807, 2.05) is 25.7 Å². The SMILES string of the molecule is CSC(=Nc1c(C)c(C)cc2c1ncn2C(C)C)NC#N. The number of thioether (sulfide) groups is 1. The molecular weight excluding hydrogens is 282 g/mol. The Labute approximate surface area is 129 Å². The van der Waals surface area contributed by atoms with E-state index in [-0.39, 0.29) is 0 Å². The lowest BCUT2D eigenvalue weighted by atomic mass is 10.1. The molecule has 0 unspecified atom stereocenters. The van der Waals surface area contributed by atoms with Crippen LogP contribution in [0.1, 0.15) is 31.0 Å². The van der Waals surface area contributed by atoms with Crippen molar-refractivity contribution in [2.45, 2.75) is 33.7 Å². The standard InChI is InChI=1S/C15H19N5S/c1-9(2)20-8-18-14-12(20)6-10(3)11(4)13(14)19-15(21-5)17-7-16/h6,8-9H,1-5H3,(H,17,19). The normalized spacial score (nSPS) is 12.0. The Bertz CT molecular complexity index is 737. The molecule has 0 atom stereocenters. The molecule has 0 spiro atoms. The molecule has 5 nitrogen and oxygen atoms in total. The number of nitriles is 1. The number of hydrogen-bond acceptors (Lipinski definition) is 4. The van der Waals surface area contributed by atoms with Crippen molar-refractivity contribution in [1.82, 2.24) is 14.9 Å². The summed E-state index contributed by atoms with van der Waals surface area (Å²) in [6.07, 6.45) is 5.66. The predicted octanol–water partition coefficient (Wildman–Crippen LogP) is 3.66. The number of nitrogens with zero attached hydrogens (tertiary/aromatic N) is 4. The zero-order valence-corrected chi connectivity index (χ0v) is 13.7. The Kier molecular flexibility index (Phi) is 4.53. The minimum absolute atomic E-state index is 0.339. The first-order valence-corrected chi connectivity index (χ1v) is 7.96. The van der Waals surface area contributed by atoms with Crippen LogP contribution in [0.25, 0.3) is 11.0 Å². The van der Waals surface area contributed by atoms with E-state index in [9.17, 15) is 0 Å². The molecule has 0 fully saturated rings. The number of rotatable bonds is 2. The molecule has 1 aromatic carbocycles. The van der Waals surface area contributed by atoms with E-state index in [2.05, 4.69) is 46.7 Å². The van der Waals surface area contributed by atoms with Crippen molar-refractivity contribution in [3.05, 3.63) is 23.5 Å². The van der Waals surface area contributed by atoms with Gasteiger partial charge in [-0.05, 0) is 51.1 Å². The van der Waals surface area contributed by atoms with E-state index < -0.39 is 0 Å². The fourth-order valence-corrected chi connectivity index (χ4v) is 2.53. The Morgan fingerprint density at radius 2 is 2.19 bits per heavy atom. The van der Waals surface area contributed by atoms with Crippen LogP contribution in [0.2, 0.25) is 0 Å². The topological polar surface area (TPSA) is 66.0 Å². The van der Waals surface area contributed by atoms with Crippen molar-refractivity contribution in [2.24, 2.45) is 4.99 Å². The highest BCUT2D eigenvalue weighted by Crippen LogP contribution is 2.33. The summed E-state index contributed by atoms with van der Waals surface area (Å²) in [7, 11) is 0. The largest absolute Gasteiger partial charge is 0.328 e. The molecule has 2 rings (SSSR count). The second kappa shape index (κ2) is 6.19. The van der Waals surface area contributed by atoms with Crippen LogP contribution in [0, 0.1) is 25.3 Å². The molecule has 0 aliphatic rings. The maximum Gasteiger partial charge on any atom is 0.183 e. The smallest absolute Gasteiger partial charge is 0.183 e. The maximum atomic E-state index is 8.78. The van der Waals surface area contributed by atoms with E-state index in [0.29, 0.717) is 11.2 Å². The second-order valence-electron chi connectivity index (χ2n) is 5.14. The van der Waals surface area contributed by atoms with Gasteiger partial charge in [0.15, 0.2) is 11.4 Å². The third-order valence-electron chi connectivity index (χ3n) is 3.48. The van der Waals surface area contributed by atoms with Gasteiger partial charge in [0.2, 0.25) is 0 Å². The van der Waals surface area contributed by atoms with Crippen molar-refractivity contribution in [3.63, 3.8) is 0 Å². The highest BCUT2D eigenvalue weighted by atomic mass is 32.2. The monoisotopic (exact) mass is 301 g/mol. The summed E-state index contributed by atoms with van der Waals surface area (Å²) in [5.74, 6) is 0. The molecule has 1 N–H and O–H groups in total. The van der Waals surface area contributed by atoms with Gasteiger partial charge in [-0.3, -0.25) is 5.32 Å². The summed E-state index contributed by atoms with van der Waals surface area (Å²) in [5.41, 5.74) is 5.03. The molecule has 6 heteroatoms. The van der Waals surface area contributed by atoms with Crippen LogP contribution in [0.5, 0.6) is 0 Å². The van der Waals surface area contributed by atoms with Gasteiger partial charge in [0, 0.05) is 6.04 Å². The molecule has 0 amide bonds. The molecule has 0 saturated heterocycles. The second-order valence-corrected chi connectivity index (χ2v) is 5.93. The molecule has 0 saturated carbocycles. The predicted molar refractivity (Wildman–Crippen MR) is 89.0 cm³/mol. The van der Waals surface area contributed by atoms with Crippen molar-refractivity contribution in [3.8, 4) is 6.19 Å². The Hall–Kier alpha value is -2.00. The van der Waals surface area contributed by atoms with Crippen molar-refractivity contribution in [1.29, 1.82) is 5.26 Å². The molecule has 0 aliphatic heterocycles. The van der Waals surface area contributed by atoms with Crippen LogP contribution in [0.4, 0.5) is 5.69 Å². The number of aliphatic imine (C=N–C) groups is 1. The first kappa shape index (κ1) is 15.4. The van der Waals surface area contributed by atoms with Crippen LogP contribution in [0.15, 0.2) is 17.4 Å². The number of nitrogens with one attached hydrogen (secondary N) is 1. The van der Waals surface area contributed by atoms with E-state index in [1.54, 1.807) is 0 Å². The van der Waals surface area contributed by atoms with Gasteiger partial charge in [0.1, 0.15) is 5.52 Å². The van der Waals surface area contributed by atoms with Crippen LogP contribution in [-0.2, 0) is 0 Å². The van der Waals surface area contributed by atoms with Gasteiger partial charge in [-0.1, -0.05) is 11.8 Å². The Morgan fingerprint density at radius 3 is 2.76 bits per heavy atom. The van der Waals surface area contributed by atoms with Crippen molar-refractivity contribution < 1.29 is 0 Å². The van der Waals surface area contributed by atoms with Gasteiger partial charge in [-0.15, -0.1) is 0 Å². The lowest BCUT2D eigenvalue weighted by Gasteiger charge is -2.11. The van der Waals surface area contributed by atoms with Gasteiger partial charge in [-0.25, -0.2) is 9.98 Å². The fourth-order valence-electron chi connectivity index (χ4n) is 2.20. The lowest BCUT2D eigenvalue weighted by molar-refractivity contribution is 0.617. The molecule has 0 radical (unpaired) electrons. The van der Waals surface area contributed by atoms with E-state index in [1.165, 1.54) is 17.3 Å². The number of fused-ring (bicyclic) bond motifs is 1. The first-order valence-electron chi connectivity index (χ1n) is 6.74. The van der Waals surface area contributed by atoms with Gasteiger partial charge in [-0.2, -0.15) is 5.26 Å². The third-order valence-corrected chi connectivity index (χ3v) is 4.06. The van der Waals surface area contributed by atoms with Gasteiger partial charge < -0.3 is 4.57 Å². The lowest BCUT2D eigenvalue weighted by Crippen LogP contribution is -2.12. The quantitative estimate of drug-likeness (QED) is 0.398. The first-order chi connectivity index (χ1) is 9.99. The molecular formula is C15H19N5S. The van der Waals surface area contributed by atoms with Crippen molar-refractivity contribution >= 4 is 33.7 Å². The number of hydrogen-bond donors (Lipinski definition) is 1. The zero-order chi connectivity index (χ0) is 15.6. The Morgan fingerprint density at radius 1 is 1.48 bits per heavy atom. The number of amidine groups is 1. The highest BCUT2D eigenvalue weighted by molar-refractivity contribution is 8.13. The highest BCUT2D eigenvalue weighted by Gasteiger charge is 2.14. The summed E-state index contributed by atoms with van der Waals surface area (Å²) >= 11 is 1.41. The summed E-state index contributed by atoms with van der Waals surface area (Å²) in [6.45, 7) is 8.36. The minimum Gasteiger partial charge on any atom is -0.328 e. The molecule has 1 aromatic heterocycles. The van der Waals surface area contributed by atoms with Gasteiger partial charge in [0.25, 0.3) is 0 Å². The van der Waals surface area contributed by atoms with Gasteiger partial charge >= 0.3 is 0 Å². The zero-order valence-electron chi connectivity index (χ0n) is 12.9. The summed E-state index contributed by atoms with van der Waals surface area (Å²) in [6, 6.07) is 2.49. The molecule has 110 valence electrons.